The van der Waals surface area contributed by atoms with E-state index in [2.05, 4.69) is 36.1 Å². The highest BCUT2D eigenvalue weighted by molar-refractivity contribution is 7.99. The van der Waals surface area contributed by atoms with Crippen LogP contribution >= 0.6 is 11.8 Å². The molecule has 1 aliphatic heterocycles. The predicted molar refractivity (Wildman–Crippen MR) is 79.5 cm³/mol. The standard InChI is InChI=1S/C15H23NOS/c1-12(14-8-3-4-9-15(14)17-2)16-11-13-7-5-6-10-18-13/h3-4,8-9,12-13,16H,5-7,10-11H2,1-2H3. The van der Waals surface area contributed by atoms with Gasteiger partial charge in [0.25, 0.3) is 0 Å². The summed E-state index contributed by atoms with van der Waals surface area (Å²) >= 11 is 2.12. The Kier molecular flexibility index (Phi) is 5.39. The van der Waals surface area contributed by atoms with Gasteiger partial charge in [-0.05, 0) is 31.6 Å². The number of methoxy groups -OCH3 is 1. The molecule has 1 N–H and O–H groups in total. The fraction of sp³-hybridized carbons (Fsp3) is 0.600. The molecule has 0 bridgehead atoms. The molecular formula is C15H23NOS. The van der Waals surface area contributed by atoms with E-state index >= 15 is 0 Å². The lowest BCUT2D eigenvalue weighted by Gasteiger charge is -2.24. The van der Waals surface area contributed by atoms with Crippen molar-refractivity contribution in [2.24, 2.45) is 0 Å². The highest BCUT2D eigenvalue weighted by atomic mass is 32.2. The van der Waals surface area contributed by atoms with Gasteiger partial charge in [0, 0.05) is 23.4 Å². The van der Waals surface area contributed by atoms with E-state index in [9.17, 15) is 0 Å². The lowest BCUT2D eigenvalue weighted by molar-refractivity contribution is 0.401. The zero-order valence-corrected chi connectivity index (χ0v) is 12.1. The van der Waals surface area contributed by atoms with Gasteiger partial charge < -0.3 is 10.1 Å². The summed E-state index contributed by atoms with van der Waals surface area (Å²) in [5.74, 6) is 2.31. The monoisotopic (exact) mass is 265 g/mol. The molecule has 1 fully saturated rings. The van der Waals surface area contributed by atoms with Crippen molar-refractivity contribution in [1.29, 1.82) is 0 Å². The van der Waals surface area contributed by atoms with Crippen molar-refractivity contribution in [3.05, 3.63) is 29.8 Å². The summed E-state index contributed by atoms with van der Waals surface area (Å²) in [6.07, 6.45) is 4.14. The van der Waals surface area contributed by atoms with Crippen LogP contribution in [0, 0.1) is 0 Å². The Morgan fingerprint density at radius 3 is 2.94 bits per heavy atom. The summed E-state index contributed by atoms with van der Waals surface area (Å²) in [5.41, 5.74) is 1.25. The number of benzene rings is 1. The Balaban J connectivity index is 1.88. The highest BCUT2D eigenvalue weighted by Gasteiger charge is 2.16. The Bertz CT molecular complexity index is 363. The van der Waals surface area contributed by atoms with Crippen LogP contribution in [0.25, 0.3) is 0 Å². The highest BCUT2D eigenvalue weighted by Crippen LogP contribution is 2.27. The first kappa shape index (κ1) is 13.8. The molecule has 1 aromatic carbocycles. The van der Waals surface area contributed by atoms with Crippen LogP contribution in [0.3, 0.4) is 0 Å². The lowest BCUT2D eigenvalue weighted by Crippen LogP contribution is -2.29. The molecule has 1 aliphatic rings. The Hall–Kier alpha value is -0.670. The molecular weight excluding hydrogens is 242 g/mol. The van der Waals surface area contributed by atoms with E-state index in [1.807, 2.05) is 12.1 Å². The van der Waals surface area contributed by atoms with E-state index in [1.54, 1.807) is 7.11 Å². The second-order valence-corrected chi connectivity index (χ2v) is 6.27. The van der Waals surface area contributed by atoms with E-state index in [0.717, 1.165) is 17.5 Å². The van der Waals surface area contributed by atoms with Gasteiger partial charge in [-0.3, -0.25) is 0 Å². The Morgan fingerprint density at radius 2 is 2.22 bits per heavy atom. The van der Waals surface area contributed by atoms with E-state index < -0.39 is 0 Å². The van der Waals surface area contributed by atoms with Crippen LogP contribution in [-0.4, -0.2) is 24.7 Å². The summed E-state index contributed by atoms with van der Waals surface area (Å²) in [7, 11) is 1.74. The second-order valence-electron chi connectivity index (χ2n) is 4.86. The number of nitrogens with one attached hydrogen (secondary N) is 1. The maximum absolute atomic E-state index is 5.41. The van der Waals surface area contributed by atoms with Crippen molar-refractivity contribution in [1.82, 2.24) is 5.32 Å². The van der Waals surface area contributed by atoms with Gasteiger partial charge in [0.1, 0.15) is 5.75 Å². The quantitative estimate of drug-likeness (QED) is 0.878. The van der Waals surface area contributed by atoms with Crippen LogP contribution in [0.15, 0.2) is 24.3 Å². The third-order valence-corrected chi connectivity index (χ3v) is 4.93. The normalized spacial score (nSPS) is 21.6. The summed E-state index contributed by atoms with van der Waals surface area (Å²) in [4.78, 5) is 0. The molecule has 3 heteroatoms. The van der Waals surface area contributed by atoms with E-state index in [-0.39, 0.29) is 0 Å². The van der Waals surface area contributed by atoms with Crippen molar-refractivity contribution in [3.63, 3.8) is 0 Å². The van der Waals surface area contributed by atoms with Crippen molar-refractivity contribution >= 4 is 11.8 Å². The fourth-order valence-electron chi connectivity index (χ4n) is 2.41. The minimum absolute atomic E-state index is 0.351. The molecule has 0 spiro atoms. The second kappa shape index (κ2) is 7.05. The molecule has 0 aromatic heterocycles. The fourth-order valence-corrected chi connectivity index (χ4v) is 3.66. The SMILES string of the molecule is COc1ccccc1C(C)NCC1CCCCS1. The van der Waals surface area contributed by atoms with Crippen LogP contribution in [-0.2, 0) is 0 Å². The maximum Gasteiger partial charge on any atom is 0.123 e. The van der Waals surface area contributed by atoms with Crippen molar-refractivity contribution in [2.45, 2.75) is 37.5 Å². The Morgan fingerprint density at radius 1 is 1.39 bits per heavy atom. The van der Waals surface area contributed by atoms with E-state index in [1.165, 1.54) is 30.6 Å². The molecule has 2 rings (SSSR count). The molecule has 0 amide bonds. The molecule has 2 unspecified atom stereocenters. The Labute approximate surface area is 114 Å². The first-order chi connectivity index (χ1) is 8.81. The first-order valence-corrected chi connectivity index (χ1v) is 7.84. The molecule has 1 heterocycles. The van der Waals surface area contributed by atoms with Crippen LogP contribution in [0.4, 0.5) is 0 Å². The van der Waals surface area contributed by atoms with Gasteiger partial charge >= 0.3 is 0 Å². The summed E-state index contributed by atoms with van der Waals surface area (Å²) < 4.78 is 5.41. The average Bonchev–Trinajstić information content (AvgIpc) is 2.45. The smallest absolute Gasteiger partial charge is 0.123 e. The van der Waals surface area contributed by atoms with Gasteiger partial charge in [0.2, 0.25) is 0 Å². The summed E-state index contributed by atoms with van der Waals surface area (Å²) in [5, 5.41) is 4.43. The van der Waals surface area contributed by atoms with E-state index in [4.69, 9.17) is 4.74 Å². The average molecular weight is 265 g/mol. The van der Waals surface area contributed by atoms with Gasteiger partial charge in [-0.15, -0.1) is 0 Å². The van der Waals surface area contributed by atoms with Crippen LogP contribution < -0.4 is 10.1 Å². The maximum atomic E-state index is 5.41. The van der Waals surface area contributed by atoms with Crippen LogP contribution in [0.1, 0.15) is 37.8 Å². The summed E-state index contributed by atoms with van der Waals surface area (Å²) in [6.45, 7) is 3.31. The summed E-state index contributed by atoms with van der Waals surface area (Å²) in [6, 6.07) is 8.62. The number of para-hydroxylation sites is 1. The lowest BCUT2D eigenvalue weighted by atomic mass is 10.1. The molecule has 18 heavy (non-hydrogen) atoms. The van der Waals surface area contributed by atoms with Gasteiger partial charge in [-0.2, -0.15) is 11.8 Å². The molecule has 0 saturated carbocycles. The van der Waals surface area contributed by atoms with Crippen molar-refractivity contribution in [3.8, 4) is 5.75 Å². The number of rotatable bonds is 5. The topological polar surface area (TPSA) is 21.3 Å². The third-order valence-electron chi connectivity index (χ3n) is 3.53. The zero-order valence-electron chi connectivity index (χ0n) is 11.3. The number of thioether (sulfide) groups is 1. The number of hydrogen-bond acceptors (Lipinski definition) is 3. The molecule has 1 saturated heterocycles. The van der Waals surface area contributed by atoms with Gasteiger partial charge in [0.05, 0.1) is 7.11 Å². The predicted octanol–water partition coefficient (Wildman–Crippen LogP) is 3.63. The molecule has 0 radical (unpaired) electrons. The first-order valence-electron chi connectivity index (χ1n) is 6.79. The third kappa shape index (κ3) is 3.66. The number of hydrogen-bond donors (Lipinski definition) is 1. The van der Waals surface area contributed by atoms with E-state index in [0.29, 0.717) is 6.04 Å². The van der Waals surface area contributed by atoms with Crippen LogP contribution in [0.2, 0.25) is 0 Å². The molecule has 2 nitrogen and oxygen atoms in total. The molecule has 0 aliphatic carbocycles. The number of ether oxygens (including phenoxy) is 1. The molecule has 100 valence electrons. The van der Waals surface area contributed by atoms with Crippen LogP contribution in [0.5, 0.6) is 5.75 Å². The molecule has 1 aromatic rings. The molecule has 2 atom stereocenters. The minimum atomic E-state index is 0.351. The van der Waals surface area contributed by atoms with Crippen molar-refractivity contribution < 1.29 is 4.74 Å². The largest absolute Gasteiger partial charge is 0.496 e. The van der Waals surface area contributed by atoms with Gasteiger partial charge in [0.15, 0.2) is 0 Å². The van der Waals surface area contributed by atoms with Gasteiger partial charge in [-0.25, -0.2) is 0 Å². The van der Waals surface area contributed by atoms with Gasteiger partial charge in [-0.1, -0.05) is 24.6 Å². The van der Waals surface area contributed by atoms with Crippen molar-refractivity contribution in [2.75, 3.05) is 19.4 Å². The zero-order chi connectivity index (χ0) is 12.8. The minimum Gasteiger partial charge on any atom is -0.496 e.